The predicted octanol–water partition coefficient (Wildman–Crippen LogP) is 3.76. The zero-order valence-electron chi connectivity index (χ0n) is 13.5. The number of nitrogens with zero attached hydrogens (tertiary/aromatic N) is 3. The van der Waals surface area contributed by atoms with E-state index in [-0.39, 0.29) is 0 Å². The van der Waals surface area contributed by atoms with Crippen LogP contribution in [-0.2, 0) is 0 Å². The molecule has 1 rings (SSSR count). The summed E-state index contributed by atoms with van der Waals surface area (Å²) in [5.41, 5.74) is 0.622. The number of hydrogen-bond acceptors (Lipinski definition) is 3. The first-order valence-electron chi connectivity index (χ1n) is 7.08. The monoisotopic (exact) mass is 253 g/mol. The minimum atomic E-state index is 0.301. The van der Waals surface area contributed by atoms with Crippen molar-refractivity contribution < 1.29 is 0 Å². The Balaban J connectivity index is 2.81. The van der Waals surface area contributed by atoms with E-state index in [9.17, 15) is 0 Å². The fourth-order valence-electron chi connectivity index (χ4n) is 2.36. The van der Waals surface area contributed by atoms with E-state index < -0.39 is 0 Å². The summed E-state index contributed by atoms with van der Waals surface area (Å²) in [6.07, 6.45) is 3.58. The van der Waals surface area contributed by atoms with E-state index in [1.165, 1.54) is 0 Å². The van der Waals surface area contributed by atoms with Gasteiger partial charge in [-0.2, -0.15) is 5.10 Å². The highest BCUT2D eigenvalue weighted by Gasteiger charge is 2.34. The molecule has 0 aliphatic carbocycles. The Morgan fingerprint density at radius 2 is 1.61 bits per heavy atom. The van der Waals surface area contributed by atoms with Crippen LogP contribution in [0.15, 0.2) is 5.10 Å². The topological polar surface area (TPSA) is 18.8 Å². The fraction of sp³-hybridized carbons (Fsp3) is 0.933. The van der Waals surface area contributed by atoms with Gasteiger partial charge in [-0.05, 0) is 31.1 Å². The summed E-state index contributed by atoms with van der Waals surface area (Å²) in [6, 6.07) is 0.457. The van der Waals surface area contributed by atoms with Gasteiger partial charge in [0.25, 0.3) is 0 Å². The second-order valence-electron chi connectivity index (χ2n) is 8.18. The second-order valence-corrected chi connectivity index (χ2v) is 8.18. The van der Waals surface area contributed by atoms with Crippen molar-refractivity contribution in [2.45, 2.75) is 74.0 Å². The summed E-state index contributed by atoms with van der Waals surface area (Å²) >= 11 is 0. The summed E-state index contributed by atoms with van der Waals surface area (Å²) in [4.78, 5) is 2.41. The third-order valence-electron chi connectivity index (χ3n) is 3.00. The molecule has 1 unspecified atom stereocenters. The Bertz CT molecular complexity index is 294. The van der Waals surface area contributed by atoms with Crippen molar-refractivity contribution in [2.24, 2.45) is 15.9 Å². The Hall–Kier alpha value is -0.730. The molecular weight excluding hydrogens is 222 g/mol. The standard InChI is InChI=1S/C15H31N3/c1-12(2)18-13(9-14(3,4)5)17(11-16-18)10-15(6,7)8/h11-13H,9-10H2,1-8H3. The molecule has 0 fully saturated rings. The van der Waals surface area contributed by atoms with Crippen molar-refractivity contribution in [3.05, 3.63) is 0 Å². The average molecular weight is 253 g/mol. The molecule has 1 heterocycles. The summed E-state index contributed by atoms with van der Waals surface area (Å²) < 4.78 is 0. The van der Waals surface area contributed by atoms with Gasteiger partial charge in [-0.25, -0.2) is 0 Å². The van der Waals surface area contributed by atoms with Crippen molar-refractivity contribution in [3.63, 3.8) is 0 Å². The van der Waals surface area contributed by atoms with Crippen molar-refractivity contribution >= 4 is 6.34 Å². The summed E-state index contributed by atoms with van der Waals surface area (Å²) in [7, 11) is 0. The highest BCUT2D eigenvalue weighted by atomic mass is 15.6. The van der Waals surface area contributed by atoms with Crippen molar-refractivity contribution in [3.8, 4) is 0 Å². The zero-order chi connectivity index (χ0) is 14.1. The molecule has 3 nitrogen and oxygen atoms in total. The van der Waals surface area contributed by atoms with Crippen LogP contribution in [0.3, 0.4) is 0 Å². The quantitative estimate of drug-likeness (QED) is 0.762. The van der Waals surface area contributed by atoms with Crippen LogP contribution in [0.1, 0.15) is 61.8 Å². The third kappa shape index (κ3) is 4.51. The van der Waals surface area contributed by atoms with E-state index >= 15 is 0 Å². The van der Waals surface area contributed by atoms with Gasteiger partial charge in [0.15, 0.2) is 0 Å². The lowest BCUT2D eigenvalue weighted by Crippen LogP contribution is -2.47. The van der Waals surface area contributed by atoms with Gasteiger partial charge in [0.1, 0.15) is 12.5 Å². The van der Waals surface area contributed by atoms with Crippen molar-refractivity contribution in [1.29, 1.82) is 0 Å². The van der Waals surface area contributed by atoms with Gasteiger partial charge in [0.2, 0.25) is 0 Å². The van der Waals surface area contributed by atoms with Gasteiger partial charge < -0.3 is 4.90 Å². The largest absolute Gasteiger partial charge is 0.339 e. The summed E-state index contributed by atoms with van der Waals surface area (Å²) in [5, 5.41) is 6.85. The smallest absolute Gasteiger partial charge is 0.119 e. The van der Waals surface area contributed by atoms with Gasteiger partial charge >= 0.3 is 0 Å². The lowest BCUT2D eigenvalue weighted by molar-refractivity contribution is 0.0507. The van der Waals surface area contributed by atoms with Crippen molar-refractivity contribution in [1.82, 2.24) is 9.91 Å². The maximum absolute atomic E-state index is 4.60. The van der Waals surface area contributed by atoms with Gasteiger partial charge in [-0.15, -0.1) is 0 Å². The van der Waals surface area contributed by atoms with Gasteiger partial charge in [-0.3, -0.25) is 5.01 Å². The molecule has 1 aliphatic heterocycles. The third-order valence-corrected chi connectivity index (χ3v) is 3.00. The Kier molecular flexibility index (Phi) is 4.34. The second kappa shape index (κ2) is 5.10. The first-order valence-corrected chi connectivity index (χ1v) is 7.08. The molecule has 0 saturated carbocycles. The van der Waals surface area contributed by atoms with Crippen LogP contribution < -0.4 is 0 Å². The minimum Gasteiger partial charge on any atom is -0.339 e. The molecule has 0 saturated heterocycles. The van der Waals surface area contributed by atoms with Crippen LogP contribution in [-0.4, -0.2) is 35.0 Å². The molecule has 1 atom stereocenters. The van der Waals surface area contributed by atoms with Crippen LogP contribution in [0.25, 0.3) is 0 Å². The molecule has 0 bridgehead atoms. The molecule has 0 N–H and O–H groups in total. The fourth-order valence-corrected chi connectivity index (χ4v) is 2.36. The SMILES string of the molecule is CC(C)N1N=CN(CC(C)(C)C)C1CC(C)(C)C. The first-order chi connectivity index (χ1) is 7.99. The molecule has 0 aromatic carbocycles. The molecule has 0 radical (unpaired) electrons. The molecule has 18 heavy (non-hydrogen) atoms. The van der Waals surface area contributed by atoms with Crippen molar-refractivity contribution in [2.75, 3.05) is 6.54 Å². The lowest BCUT2D eigenvalue weighted by atomic mass is 9.89. The van der Waals surface area contributed by atoms with E-state index in [1.54, 1.807) is 0 Å². The molecular formula is C15H31N3. The van der Waals surface area contributed by atoms with Crippen LogP contribution in [0, 0.1) is 10.8 Å². The number of hydrogen-bond donors (Lipinski definition) is 0. The first kappa shape index (κ1) is 15.3. The minimum absolute atomic E-state index is 0.301. The molecule has 106 valence electrons. The summed E-state index contributed by atoms with van der Waals surface area (Å²) in [5.74, 6) is 0. The Morgan fingerprint density at radius 1 is 1.06 bits per heavy atom. The number of hydrazone groups is 1. The van der Waals surface area contributed by atoms with E-state index in [4.69, 9.17) is 0 Å². The van der Waals surface area contributed by atoms with Crippen LogP contribution in [0.4, 0.5) is 0 Å². The molecule has 0 amide bonds. The van der Waals surface area contributed by atoms with Gasteiger partial charge in [0, 0.05) is 12.6 Å². The van der Waals surface area contributed by atoms with Gasteiger partial charge in [-0.1, -0.05) is 41.5 Å². The maximum Gasteiger partial charge on any atom is 0.119 e. The van der Waals surface area contributed by atoms with Crippen LogP contribution in [0.5, 0.6) is 0 Å². The normalized spacial score (nSPS) is 21.3. The molecule has 0 aromatic rings. The van der Waals surface area contributed by atoms with E-state index in [2.05, 4.69) is 70.4 Å². The molecule has 0 spiro atoms. The predicted molar refractivity (Wildman–Crippen MR) is 79.5 cm³/mol. The van der Waals surface area contributed by atoms with Gasteiger partial charge in [0.05, 0.1) is 0 Å². The maximum atomic E-state index is 4.60. The van der Waals surface area contributed by atoms with E-state index in [0.29, 0.717) is 23.0 Å². The molecule has 1 aliphatic rings. The Labute approximate surface area is 113 Å². The molecule has 3 heteroatoms. The van der Waals surface area contributed by atoms with E-state index in [0.717, 1.165) is 13.0 Å². The lowest BCUT2D eigenvalue weighted by Gasteiger charge is -2.39. The zero-order valence-corrected chi connectivity index (χ0v) is 13.5. The Morgan fingerprint density at radius 3 is 2.00 bits per heavy atom. The van der Waals surface area contributed by atoms with E-state index in [1.807, 2.05) is 6.34 Å². The summed E-state index contributed by atoms with van der Waals surface area (Å²) in [6.45, 7) is 19.3. The average Bonchev–Trinajstić information content (AvgIpc) is 2.43. The highest BCUT2D eigenvalue weighted by Crippen LogP contribution is 2.30. The number of rotatable bonds is 3. The van der Waals surface area contributed by atoms with Crippen LogP contribution in [0.2, 0.25) is 0 Å². The van der Waals surface area contributed by atoms with Crippen LogP contribution >= 0.6 is 0 Å². The highest BCUT2D eigenvalue weighted by molar-refractivity contribution is 5.57. The molecule has 0 aromatic heterocycles.